The molecule has 0 saturated carbocycles. The molecule has 0 aromatic carbocycles. The van der Waals surface area contributed by atoms with Gasteiger partial charge in [-0.2, -0.15) is 0 Å². The lowest BCUT2D eigenvalue weighted by Crippen LogP contribution is -2.42. The minimum atomic E-state index is -0.205. The van der Waals surface area contributed by atoms with Crippen molar-refractivity contribution in [1.82, 2.24) is 20.2 Å². The Morgan fingerprint density at radius 2 is 2.18 bits per heavy atom. The Kier molecular flexibility index (Phi) is 5.46. The van der Waals surface area contributed by atoms with Gasteiger partial charge in [-0.1, -0.05) is 13.8 Å². The molecule has 120 valence electrons. The zero-order valence-electron chi connectivity index (χ0n) is 13.5. The van der Waals surface area contributed by atoms with Crippen molar-refractivity contribution in [1.29, 1.82) is 0 Å². The van der Waals surface area contributed by atoms with Crippen LogP contribution in [-0.4, -0.2) is 46.8 Å². The summed E-state index contributed by atoms with van der Waals surface area (Å²) in [5.74, 6) is 0.448. The summed E-state index contributed by atoms with van der Waals surface area (Å²) >= 11 is 0. The van der Waals surface area contributed by atoms with E-state index in [0.717, 1.165) is 38.0 Å². The van der Waals surface area contributed by atoms with E-state index in [0.29, 0.717) is 11.6 Å². The van der Waals surface area contributed by atoms with E-state index < -0.39 is 0 Å². The molecule has 0 aliphatic carbocycles. The van der Waals surface area contributed by atoms with Crippen LogP contribution < -0.4 is 5.32 Å². The Bertz CT molecular complexity index is 545. The lowest BCUT2D eigenvalue weighted by molar-refractivity contribution is -0.136. The monoisotopic (exact) mass is 304 g/mol. The van der Waals surface area contributed by atoms with Crippen LogP contribution >= 0.6 is 0 Å². The van der Waals surface area contributed by atoms with E-state index in [4.69, 9.17) is 0 Å². The van der Waals surface area contributed by atoms with Gasteiger partial charge in [0.1, 0.15) is 12.0 Å². The van der Waals surface area contributed by atoms with Crippen molar-refractivity contribution in [3.05, 3.63) is 23.8 Å². The molecule has 6 heteroatoms. The fraction of sp³-hybridized carbons (Fsp3) is 0.625. The first-order valence-electron chi connectivity index (χ1n) is 7.83. The highest BCUT2D eigenvalue weighted by Gasteiger charge is 2.25. The average Bonchev–Trinajstić information content (AvgIpc) is 2.53. The van der Waals surface area contributed by atoms with Crippen LogP contribution in [0.5, 0.6) is 0 Å². The van der Waals surface area contributed by atoms with E-state index in [9.17, 15) is 9.59 Å². The van der Waals surface area contributed by atoms with Gasteiger partial charge in [0.05, 0.1) is 0 Å². The molecule has 6 nitrogen and oxygen atoms in total. The molecular weight excluding hydrogens is 280 g/mol. The number of hydrogen-bond acceptors (Lipinski definition) is 4. The van der Waals surface area contributed by atoms with E-state index in [-0.39, 0.29) is 17.7 Å². The number of rotatable bonds is 4. The first kappa shape index (κ1) is 16.4. The van der Waals surface area contributed by atoms with Gasteiger partial charge >= 0.3 is 0 Å². The third kappa shape index (κ3) is 4.02. The molecule has 2 heterocycles. The van der Waals surface area contributed by atoms with Crippen molar-refractivity contribution in [3.63, 3.8) is 0 Å². The summed E-state index contributed by atoms with van der Waals surface area (Å²) in [6, 6.07) is 1.74. The zero-order chi connectivity index (χ0) is 16.1. The minimum Gasteiger partial charge on any atom is -0.354 e. The lowest BCUT2D eigenvalue weighted by atomic mass is 9.92. The molecule has 1 unspecified atom stereocenters. The highest BCUT2D eigenvalue weighted by atomic mass is 16.2. The summed E-state index contributed by atoms with van der Waals surface area (Å²) in [5.41, 5.74) is 1.25. The molecular formula is C16H24N4O2. The number of carbonyl (C=O) groups is 2. The molecule has 1 aromatic heterocycles. The Hall–Kier alpha value is -1.98. The Balaban J connectivity index is 2.01. The predicted molar refractivity (Wildman–Crippen MR) is 83.3 cm³/mol. The van der Waals surface area contributed by atoms with Gasteiger partial charge in [0.25, 0.3) is 5.91 Å². The number of aromatic nitrogens is 2. The first-order valence-corrected chi connectivity index (χ1v) is 7.83. The van der Waals surface area contributed by atoms with Crippen molar-refractivity contribution in [2.24, 2.45) is 11.8 Å². The van der Waals surface area contributed by atoms with Gasteiger partial charge < -0.3 is 10.2 Å². The van der Waals surface area contributed by atoms with Crippen LogP contribution in [0.3, 0.4) is 0 Å². The molecule has 1 atom stereocenters. The zero-order valence-corrected chi connectivity index (χ0v) is 13.5. The molecule has 1 saturated heterocycles. The summed E-state index contributed by atoms with van der Waals surface area (Å²) in [4.78, 5) is 33.9. The Morgan fingerprint density at radius 1 is 1.41 bits per heavy atom. The topological polar surface area (TPSA) is 75.2 Å². The lowest BCUT2D eigenvalue weighted by Gasteiger charge is -2.33. The molecule has 0 radical (unpaired) electrons. The van der Waals surface area contributed by atoms with Gasteiger partial charge in [-0.15, -0.1) is 0 Å². The van der Waals surface area contributed by atoms with Crippen molar-refractivity contribution in [2.75, 3.05) is 20.1 Å². The average molecular weight is 304 g/mol. The fourth-order valence-electron chi connectivity index (χ4n) is 2.85. The first-order chi connectivity index (χ1) is 10.5. The largest absolute Gasteiger partial charge is 0.354 e. The normalized spacial score (nSPS) is 18.4. The maximum Gasteiger partial charge on any atom is 0.269 e. The summed E-state index contributed by atoms with van der Waals surface area (Å²) in [6.07, 6.45) is 4.31. The molecule has 22 heavy (non-hydrogen) atoms. The molecule has 0 spiro atoms. The van der Waals surface area contributed by atoms with Crippen LogP contribution in [0.4, 0.5) is 0 Å². The van der Waals surface area contributed by atoms with Crippen LogP contribution in [-0.2, 0) is 11.2 Å². The summed E-state index contributed by atoms with van der Waals surface area (Å²) in [7, 11) is 1.58. The highest BCUT2D eigenvalue weighted by molar-refractivity contribution is 5.91. The number of amides is 2. The Labute approximate surface area is 131 Å². The third-order valence-electron chi connectivity index (χ3n) is 4.01. The highest BCUT2D eigenvalue weighted by Crippen LogP contribution is 2.21. The van der Waals surface area contributed by atoms with Crippen LogP contribution in [0, 0.1) is 11.8 Å². The Morgan fingerprint density at radius 3 is 2.86 bits per heavy atom. The van der Waals surface area contributed by atoms with Crippen LogP contribution in [0.2, 0.25) is 0 Å². The van der Waals surface area contributed by atoms with E-state index in [1.54, 1.807) is 13.1 Å². The van der Waals surface area contributed by atoms with Gasteiger partial charge in [-0.3, -0.25) is 9.59 Å². The number of carbonyl (C=O) groups excluding carboxylic acids is 2. The van der Waals surface area contributed by atoms with Gasteiger partial charge in [0.2, 0.25) is 5.91 Å². The predicted octanol–water partition coefficient (Wildman–Crippen LogP) is 1.27. The molecule has 0 bridgehead atoms. The quantitative estimate of drug-likeness (QED) is 0.909. The van der Waals surface area contributed by atoms with Gasteiger partial charge in [0.15, 0.2) is 0 Å². The number of likely N-dealkylation sites (tertiary alicyclic amines) is 1. The summed E-state index contributed by atoms with van der Waals surface area (Å²) in [5, 5.41) is 2.56. The maximum atomic E-state index is 12.1. The number of nitrogens with one attached hydrogen (secondary N) is 1. The molecule has 1 N–H and O–H groups in total. The van der Waals surface area contributed by atoms with Gasteiger partial charge in [-0.05, 0) is 31.2 Å². The van der Waals surface area contributed by atoms with Crippen molar-refractivity contribution < 1.29 is 9.59 Å². The minimum absolute atomic E-state index is 0.0395. The number of nitrogens with zero attached hydrogens (tertiary/aromatic N) is 3. The van der Waals surface area contributed by atoms with Crippen LogP contribution in [0.15, 0.2) is 12.4 Å². The van der Waals surface area contributed by atoms with Crippen molar-refractivity contribution in [2.45, 2.75) is 33.1 Å². The standard InChI is InChI=1S/C16H24N4O2/c1-11(2)16(22)20-6-4-5-12(9-20)7-13-8-14(15(21)17-3)19-10-18-13/h8,10-12H,4-7,9H2,1-3H3,(H,17,21). The number of piperidine rings is 1. The SMILES string of the molecule is CNC(=O)c1cc(CC2CCCN(C(=O)C(C)C)C2)ncn1. The molecule has 1 aliphatic heterocycles. The number of hydrogen-bond donors (Lipinski definition) is 1. The molecule has 2 rings (SSSR count). The smallest absolute Gasteiger partial charge is 0.269 e. The summed E-state index contributed by atoms with van der Waals surface area (Å²) < 4.78 is 0. The van der Waals surface area contributed by atoms with E-state index >= 15 is 0 Å². The molecule has 1 aliphatic rings. The maximum absolute atomic E-state index is 12.1. The second kappa shape index (κ2) is 7.33. The van der Waals surface area contributed by atoms with E-state index in [1.165, 1.54) is 6.33 Å². The van der Waals surface area contributed by atoms with Crippen molar-refractivity contribution >= 4 is 11.8 Å². The van der Waals surface area contributed by atoms with Crippen molar-refractivity contribution in [3.8, 4) is 0 Å². The molecule has 2 amide bonds. The van der Waals surface area contributed by atoms with Crippen LogP contribution in [0.1, 0.15) is 42.9 Å². The fourth-order valence-corrected chi connectivity index (χ4v) is 2.85. The summed E-state index contributed by atoms with van der Waals surface area (Å²) in [6.45, 7) is 5.50. The van der Waals surface area contributed by atoms with Crippen LogP contribution in [0.25, 0.3) is 0 Å². The molecule has 1 fully saturated rings. The van der Waals surface area contributed by atoms with E-state index in [1.807, 2.05) is 18.7 Å². The second-order valence-corrected chi connectivity index (χ2v) is 6.13. The van der Waals surface area contributed by atoms with Gasteiger partial charge in [-0.25, -0.2) is 9.97 Å². The third-order valence-corrected chi connectivity index (χ3v) is 4.01. The van der Waals surface area contributed by atoms with Gasteiger partial charge in [0, 0.05) is 31.7 Å². The second-order valence-electron chi connectivity index (χ2n) is 6.13. The van der Waals surface area contributed by atoms with E-state index in [2.05, 4.69) is 15.3 Å². The molecule has 1 aromatic rings.